The van der Waals surface area contributed by atoms with Gasteiger partial charge >= 0.3 is 5.97 Å². The molecular weight excluding hydrogens is 236 g/mol. The minimum Gasteiger partial charge on any atom is -0.464 e. The average Bonchev–Trinajstić information content (AvgIpc) is 2.12. The molecule has 0 heterocycles. The maximum Gasteiger partial charge on any atom is 0.336 e. The predicted octanol–water partition coefficient (Wildman–Crippen LogP) is 2.32. The second-order valence-electron chi connectivity index (χ2n) is 5.79. The zero-order chi connectivity index (χ0) is 13.9. The van der Waals surface area contributed by atoms with Crippen molar-refractivity contribution in [1.82, 2.24) is 0 Å². The molecule has 2 atom stereocenters. The molecule has 0 aromatic carbocycles. The number of ether oxygens (including phenoxy) is 1. The standard InChI is InChI=1S/C12H26O4Si/c1-8-15-11(14)10(9(2)13)16-17(6,7)12(3,4)5/h9-10,13H,8H2,1-7H3/t9-,10?/m0/s1. The number of carbonyl (C=O) groups is 1. The SMILES string of the molecule is CCOC(=O)C(O[Si](C)(C)C(C)(C)C)[C@H](C)O. The van der Waals surface area contributed by atoms with E-state index in [-0.39, 0.29) is 5.04 Å². The highest BCUT2D eigenvalue weighted by molar-refractivity contribution is 6.74. The fourth-order valence-electron chi connectivity index (χ4n) is 1.06. The van der Waals surface area contributed by atoms with Gasteiger partial charge in [-0.1, -0.05) is 20.8 Å². The van der Waals surface area contributed by atoms with Crippen molar-refractivity contribution in [1.29, 1.82) is 0 Å². The van der Waals surface area contributed by atoms with Crippen LogP contribution < -0.4 is 0 Å². The van der Waals surface area contributed by atoms with Crippen molar-refractivity contribution in [3.8, 4) is 0 Å². The molecule has 0 spiro atoms. The summed E-state index contributed by atoms with van der Waals surface area (Å²) in [6, 6.07) is 0. The van der Waals surface area contributed by atoms with Gasteiger partial charge in [0.1, 0.15) is 0 Å². The molecule has 0 rings (SSSR count). The first-order chi connectivity index (χ1) is 7.53. The van der Waals surface area contributed by atoms with E-state index in [1.165, 1.54) is 0 Å². The van der Waals surface area contributed by atoms with E-state index in [2.05, 4.69) is 20.8 Å². The molecule has 17 heavy (non-hydrogen) atoms. The van der Waals surface area contributed by atoms with Gasteiger partial charge in [0.2, 0.25) is 0 Å². The van der Waals surface area contributed by atoms with Crippen LogP contribution in [0.3, 0.4) is 0 Å². The van der Waals surface area contributed by atoms with E-state index < -0.39 is 26.5 Å². The Bertz CT molecular complexity index is 256. The fourth-order valence-corrected chi connectivity index (χ4v) is 2.34. The lowest BCUT2D eigenvalue weighted by Crippen LogP contribution is -2.49. The number of esters is 1. The number of rotatable bonds is 5. The maximum absolute atomic E-state index is 11.7. The Hall–Kier alpha value is -0.393. The number of carbonyl (C=O) groups excluding carboxylic acids is 1. The fraction of sp³-hybridized carbons (Fsp3) is 0.917. The summed E-state index contributed by atoms with van der Waals surface area (Å²) in [5, 5.41) is 9.63. The van der Waals surface area contributed by atoms with Crippen molar-refractivity contribution in [3.63, 3.8) is 0 Å². The summed E-state index contributed by atoms with van der Waals surface area (Å²) >= 11 is 0. The molecule has 0 aromatic heterocycles. The highest BCUT2D eigenvalue weighted by Gasteiger charge is 2.42. The molecular formula is C12H26O4Si. The molecule has 0 aliphatic heterocycles. The lowest BCUT2D eigenvalue weighted by molar-refractivity contribution is -0.157. The first-order valence-electron chi connectivity index (χ1n) is 6.05. The molecule has 0 fully saturated rings. The van der Waals surface area contributed by atoms with Crippen molar-refractivity contribution in [2.24, 2.45) is 0 Å². The number of hydrogen-bond donors (Lipinski definition) is 1. The van der Waals surface area contributed by atoms with Crippen LogP contribution in [0, 0.1) is 0 Å². The van der Waals surface area contributed by atoms with Crippen LogP contribution in [0.4, 0.5) is 0 Å². The minimum atomic E-state index is -2.08. The largest absolute Gasteiger partial charge is 0.464 e. The third kappa shape index (κ3) is 4.77. The van der Waals surface area contributed by atoms with Crippen LogP contribution in [0.25, 0.3) is 0 Å². The smallest absolute Gasteiger partial charge is 0.336 e. The summed E-state index contributed by atoms with van der Waals surface area (Å²) in [6.07, 6.45) is -1.74. The average molecular weight is 262 g/mol. The summed E-state index contributed by atoms with van der Waals surface area (Å²) in [5.74, 6) is -0.479. The van der Waals surface area contributed by atoms with Gasteiger partial charge in [-0.2, -0.15) is 0 Å². The van der Waals surface area contributed by atoms with Crippen molar-refractivity contribution in [2.75, 3.05) is 6.61 Å². The summed E-state index contributed by atoms with van der Waals surface area (Å²) < 4.78 is 10.8. The third-order valence-corrected chi connectivity index (χ3v) is 7.64. The minimum absolute atomic E-state index is 0.00731. The van der Waals surface area contributed by atoms with Crippen LogP contribution in [0.15, 0.2) is 0 Å². The number of aliphatic hydroxyl groups is 1. The van der Waals surface area contributed by atoms with Crippen LogP contribution in [0.1, 0.15) is 34.6 Å². The Kier molecular flexibility index (Phi) is 5.84. The van der Waals surface area contributed by atoms with Gasteiger partial charge in [0.05, 0.1) is 12.7 Å². The monoisotopic (exact) mass is 262 g/mol. The van der Waals surface area contributed by atoms with Crippen molar-refractivity contribution in [2.45, 2.75) is 65.0 Å². The molecule has 1 unspecified atom stereocenters. The maximum atomic E-state index is 11.7. The van der Waals surface area contributed by atoms with E-state index in [1.54, 1.807) is 13.8 Å². The van der Waals surface area contributed by atoms with Gasteiger partial charge < -0.3 is 14.3 Å². The summed E-state index contributed by atoms with van der Waals surface area (Å²) in [4.78, 5) is 11.7. The van der Waals surface area contributed by atoms with E-state index in [4.69, 9.17) is 9.16 Å². The van der Waals surface area contributed by atoms with E-state index in [1.807, 2.05) is 13.1 Å². The quantitative estimate of drug-likeness (QED) is 0.610. The third-order valence-electron chi connectivity index (χ3n) is 3.18. The van der Waals surface area contributed by atoms with Gasteiger partial charge in [-0.05, 0) is 32.0 Å². The zero-order valence-electron chi connectivity index (χ0n) is 12.0. The molecule has 0 saturated heterocycles. The Morgan fingerprint density at radius 3 is 2.12 bits per heavy atom. The van der Waals surface area contributed by atoms with Crippen LogP contribution >= 0.6 is 0 Å². The van der Waals surface area contributed by atoms with Gasteiger partial charge in [0.25, 0.3) is 0 Å². The number of hydrogen-bond acceptors (Lipinski definition) is 4. The molecule has 0 aliphatic carbocycles. The molecule has 0 radical (unpaired) electrons. The highest BCUT2D eigenvalue weighted by atomic mass is 28.4. The van der Waals surface area contributed by atoms with Crippen LogP contribution in [0.2, 0.25) is 18.1 Å². The molecule has 0 saturated carbocycles. The first kappa shape index (κ1) is 16.6. The summed E-state index contributed by atoms with van der Waals surface area (Å²) in [6.45, 7) is 13.9. The van der Waals surface area contributed by atoms with Gasteiger partial charge in [-0.3, -0.25) is 0 Å². The Morgan fingerprint density at radius 1 is 1.35 bits per heavy atom. The normalized spacial score (nSPS) is 16.5. The highest BCUT2D eigenvalue weighted by Crippen LogP contribution is 2.37. The molecule has 102 valence electrons. The Labute approximate surface area is 105 Å². The molecule has 0 aromatic rings. The summed E-state index contributed by atoms with van der Waals surface area (Å²) in [7, 11) is -2.08. The van der Waals surface area contributed by atoms with E-state index >= 15 is 0 Å². The molecule has 5 heteroatoms. The molecule has 1 N–H and O–H groups in total. The van der Waals surface area contributed by atoms with Crippen LogP contribution in [0.5, 0.6) is 0 Å². The van der Waals surface area contributed by atoms with Gasteiger partial charge in [0, 0.05) is 0 Å². The van der Waals surface area contributed by atoms with Crippen molar-refractivity contribution in [3.05, 3.63) is 0 Å². The number of aliphatic hydroxyl groups excluding tert-OH is 1. The summed E-state index contributed by atoms with van der Waals surface area (Å²) in [5.41, 5.74) is 0. The molecule has 0 bridgehead atoms. The lowest BCUT2D eigenvalue weighted by atomic mass is 10.2. The zero-order valence-corrected chi connectivity index (χ0v) is 13.0. The van der Waals surface area contributed by atoms with E-state index in [9.17, 15) is 9.90 Å². The topological polar surface area (TPSA) is 55.8 Å². The van der Waals surface area contributed by atoms with Crippen LogP contribution in [-0.4, -0.2) is 38.2 Å². The molecule has 0 aliphatic rings. The van der Waals surface area contributed by atoms with Crippen molar-refractivity contribution >= 4 is 14.3 Å². The van der Waals surface area contributed by atoms with Gasteiger partial charge in [-0.15, -0.1) is 0 Å². The molecule has 0 amide bonds. The Balaban J connectivity index is 4.83. The van der Waals surface area contributed by atoms with Crippen LogP contribution in [-0.2, 0) is 14.0 Å². The molecule has 4 nitrogen and oxygen atoms in total. The van der Waals surface area contributed by atoms with Gasteiger partial charge in [-0.25, -0.2) is 4.79 Å². The van der Waals surface area contributed by atoms with E-state index in [0.29, 0.717) is 6.61 Å². The van der Waals surface area contributed by atoms with Crippen molar-refractivity contribution < 1.29 is 19.1 Å². The van der Waals surface area contributed by atoms with Gasteiger partial charge in [0.15, 0.2) is 14.4 Å². The van der Waals surface area contributed by atoms with E-state index in [0.717, 1.165) is 0 Å². The second-order valence-corrected chi connectivity index (χ2v) is 10.5. The lowest BCUT2D eigenvalue weighted by Gasteiger charge is -2.39. The Morgan fingerprint density at radius 2 is 1.82 bits per heavy atom. The second kappa shape index (κ2) is 5.98. The predicted molar refractivity (Wildman–Crippen MR) is 70.4 cm³/mol. The first-order valence-corrected chi connectivity index (χ1v) is 8.96.